The van der Waals surface area contributed by atoms with Gasteiger partial charge in [-0.25, -0.2) is 4.79 Å². The van der Waals surface area contributed by atoms with Crippen molar-refractivity contribution in [2.45, 2.75) is 25.8 Å². The number of fused-ring (bicyclic) bond motifs is 1. The SMILES string of the molecule is O=C(OCc1ccccc1)C1NCc2cc(CO)ccc21. The molecule has 2 aromatic carbocycles. The second-order valence-corrected chi connectivity index (χ2v) is 5.10. The Balaban J connectivity index is 1.68. The summed E-state index contributed by atoms with van der Waals surface area (Å²) in [5.41, 5.74) is 3.81. The third-order valence-corrected chi connectivity index (χ3v) is 3.66. The molecule has 0 aromatic heterocycles. The molecule has 0 radical (unpaired) electrons. The summed E-state index contributed by atoms with van der Waals surface area (Å²) >= 11 is 0. The smallest absolute Gasteiger partial charge is 0.328 e. The van der Waals surface area contributed by atoms with Crippen molar-refractivity contribution in [2.24, 2.45) is 0 Å². The molecule has 0 amide bonds. The lowest BCUT2D eigenvalue weighted by Gasteiger charge is -2.12. The molecular weight excluding hydrogens is 266 g/mol. The van der Waals surface area contributed by atoms with Crippen LogP contribution in [0.5, 0.6) is 0 Å². The van der Waals surface area contributed by atoms with Crippen LogP contribution < -0.4 is 5.32 Å². The summed E-state index contributed by atoms with van der Waals surface area (Å²) in [6.07, 6.45) is 0. The van der Waals surface area contributed by atoms with Crippen molar-refractivity contribution in [1.29, 1.82) is 0 Å². The van der Waals surface area contributed by atoms with Gasteiger partial charge in [-0.1, -0.05) is 48.5 Å². The van der Waals surface area contributed by atoms with Crippen LogP contribution in [-0.4, -0.2) is 11.1 Å². The summed E-state index contributed by atoms with van der Waals surface area (Å²) in [6.45, 7) is 0.909. The van der Waals surface area contributed by atoms with E-state index < -0.39 is 6.04 Å². The highest BCUT2D eigenvalue weighted by molar-refractivity contribution is 5.79. The zero-order chi connectivity index (χ0) is 14.7. The fourth-order valence-corrected chi connectivity index (χ4v) is 2.54. The van der Waals surface area contributed by atoms with Crippen molar-refractivity contribution >= 4 is 5.97 Å². The van der Waals surface area contributed by atoms with E-state index in [-0.39, 0.29) is 19.2 Å². The normalized spacial score (nSPS) is 16.5. The Kier molecular flexibility index (Phi) is 3.99. The molecule has 1 atom stereocenters. The number of hydrogen-bond donors (Lipinski definition) is 2. The third-order valence-electron chi connectivity index (χ3n) is 3.66. The van der Waals surface area contributed by atoms with E-state index in [1.807, 2.05) is 48.5 Å². The number of rotatable bonds is 4. The standard InChI is InChI=1S/C17H17NO3/c19-10-13-6-7-15-14(8-13)9-18-16(15)17(20)21-11-12-4-2-1-3-5-12/h1-8,16,18-19H,9-11H2. The minimum absolute atomic E-state index is 0.0103. The quantitative estimate of drug-likeness (QED) is 0.843. The first-order chi connectivity index (χ1) is 10.3. The fourth-order valence-electron chi connectivity index (χ4n) is 2.54. The second-order valence-electron chi connectivity index (χ2n) is 5.10. The van der Waals surface area contributed by atoms with Gasteiger partial charge in [-0.3, -0.25) is 5.32 Å². The number of carbonyl (C=O) groups is 1. The summed E-state index contributed by atoms with van der Waals surface area (Å²) in [5, 5.41) is 12.3. The summed E-state index contributed by atoms with van der Waals surface area (Å²) < 4.78 is 5.37. The van der Waals surface area contributed by atoms with Crippen LogP contribution in [0.15, 0.2) is 48.5 Å². The zero-order valence-electron chi connectivity index (χ0n) is 11.6. The van der Waals surface area contributed by atoms with E-state index in [2.05, 4.69) is 5.32 Å². The molecule has 2 N–H and O–H groups in total. The molecule has 1 unspecified atom stereocenters. The Bertz CT molecular complexity index is 640. The highest BCUT2D eigenvalue weighted by Gasteiger charge is 2.29. The largest absolute Gasteiger partial charge is 0.459 e. The first-order valence-corrected chi connectivity index (χ1v) is 6.94. The van der Waals surface area contributed by atoms with Gasteiger partial charge in [0, 0.05) is 6.54 Å². The van der Waals surface area contributed by atoms with E-state index in [0.717, 1.165) is 22.3 Å². The van der Waals surface area contributed by atoms with Gasteiger partial charge in [0.15, 0.2) is 0 Å². The van der Waals surface area contributed by atoms with Gasteiger partial charge < -0.3 is 9.84 Å². The van der Waals surface area contributed by atoms with Crippen molar-refractivity contribution in [3.63, 3.8) is 0 Å². The summed E-state index contributed by atoms with van der Waals surface area (Å²) in [7, 11) is 0. The minimum atomic E-state index is -0.420. The Labute approximate surface area is 123 Å². The first kappa shape index (κ1) is 13.8. The molecule has 4 nitrogen and oxygen atoms in total. The maximum absolute atomic E-state index is 12.2. The predicted octanol–water partition coefficient (Wildman–Crippen LogP) is 2.07. The molecule has 0 fully saturated rings. The molecule has 0 spiro atoms. The van der Waals surface area contributed by atoms with Gasteiger partial charge in [0.1, 0.15) is 12.6 Å². The molecule has 1 aliphatic heterocycles. The molecule has 3 rings (SSSR count). The number of hydrogen-bond acceptors (Lipinski definition) is 4. The van der Waals surface area contributed by atoms with Gasteiger partial charge in [-0.05, 0) is 22.3 Å². The van der Waals surface area contributed by atoms with Crippen molar-refractivity contribution in [2.75, 3.05) is 0 Å². The molecule has 1 aliphatic rings. The van der Waals surface area contributed by atoms with Crippen molar-refractivity contribution in [1.82, 2.24) is 5.32 Å². The minimum Gasteiger partial charge on any atom is -0.459 e. The van der Waals surface area contributed by atoms with Crippen LogP contribution in [0.4, 0.5) is 0 Å². The van der Waals surface area contributed by atoms with E-state index in [0.29, 0.717) is 6.54 Å². The molecule has 0 saturated heterocycles. The number of carbonyl (C=O) groups excluding carboxylic acids is 1. The van der Waals surface area contributed by atoms with Gasteiger partial charge in [-0.15, -0.1) is 0 Å². The average molecular weight is 283 g/mol. The predicted molar refractivity (Wildman–Crippen MR) is 78.2 cm³/mol. The van der Waals surface area contributed by atoms with E-state index in [1.165, 1.54) is 0 Å². The van der Waals surface area contributed by atoms with Crippen LogP contribution >= 0.6 is 0 Å². The maximum Gasteiger partial charge on any atom is 0.328 e. The topological polar surface area (TPSA) is 58.6 Å². The number of ether oxygens (including phenoxy) is 1. The molecule has 2 aromatic rings. The van der Waals surface area contributed by atoms with E-state index in [4.69, 9.17) is 9.84 Å². The molecule has 108 valence electrons. The van der Waals surface area contributed by atoms with Crippen molar-refractivity contribution in [3.8, 4) is 0 Å². The molecule has 0 aliphatic carbocycles. The van der Waals surface area contributed by atoms with Crippen LogP contribution in [0, 0.1) is 0 Å². The van der Waals surface area contributed by atoms with Gasteiger partial charge >= 0.3 is 5.97 Å². The van der Waals surface area contributed by atoms with Gasteiger partial charge in [0.2, 0.25) is 0 Å². The van der Waals surface area contributed by atoms with Crippen LogP contribution in [0.25, 0.3) is 0 Å². The number of esters is 1. The molecular formula is C17H17NO3. The lowest BCUT2D eigenvalue weighted by Crippen LogP contribution is -2.24. The summed E-state index contributed by atoms with van der Waals surface area (Å²) in [6, 6.07) is 14.8. The number of aliphatic hydroxyl groups is 1. The second kappa shape index (κ2) is 6.08. The van der Waals surface area contributed by atoms with E-state index in [1.54, 1.807) is 0 Å². The maximum atomic E-state index is 12.2. The number of nitrogens with one attached hydrogen (secondary N) is 1. The average Bonchev–Trinajstić information content (AvgIpc) is 2.96. The highest BCUT2D eigenvalue weighted by Crippen LogP contribution is 2.27. The van der Waals surface area contributed by atoms with Crippen LogP contribution in [0.1, 0.15) is 28.3 Å². The number of aliphatic hydroxyl groups excluding tert-OH is 1. The van der Waals surface area contributed by atoms with Gasteiger partial charge in [0.25, 0.3) is 0 Å². The molecule has 0 saturated carbocycles. The van der Waals surface area contributed by atoms with Crippen LogP contribution in [-0.2, 0) is 29.3 Å². The Morgan fingerprint density at radius 3 is 2.76 bits per heavy atom. The van der Waals surface area contributed by atoms with Crippen LogP contribution in [0.2, 0.25) is 0 Å². The van der Waals surface area contributed by atoms with Gasteiger partial charge in [0.05, 0.1) is 6.61 Å². The van der Waals surface area contributed by atoms with E-state index >= 15 is 0 Å². The zero-order valence-corrected chi connectivity index (χ0v) is 11.6. The molecule has 1 heterocycles. The third kappa shape index (κ3) is 2.96. The number of benzene rings is 2. The lowest BCUT2D eigenvalue weighted by molar-refractivity contribution is -0.147. The highest BCUT2D eigenvalue weighted by atomic mass is 16.5. The fraction of sp³-hybridized carbons (Fsp3) is 0.235. The Morgan fingerprint density at radius 2 is 2.00 bits per heavy atom. The summed E-state index contributed by atoms with van der Waals surface area (Å²) in [4.78, 5) is 12.2. The Morgan fingerprint density at radius 1 is 1.19 bits per heavy atom. The van der Waals surface area contributed by atoms with Crippen LogP contribution in [0.3, 0.4) is 0 Å². The molecule has 21 heavy (non-hydrogen) atoms. The van der Waals surface area contributed by atoms with E-state index in [9.17, 15) is 4.79 Å². The first-order valence-electron chi connectivity index (χ1n) is 6.94. The molecule has 4 heteroatoms. The van der Waals surface area contributed by atoms with Gasteiger partial charge in [-0.2, -0.15) is 0 Å². The summed E-state index contributed by atoms with van der Waals surface area (Å²) in [5.74, 6) is -0.269. The Hall–Kier alpha value is -2.17. The lowest BCUT2D eigenvalue weighted by atomic mass is 10.0. The molecule has 0 bridgehead atoms. The van der Waals surface area contributed by atoms with Crippen molar-refractivity contribution in [3.05, 3.63) is 70.8 Å². The monoisotopic (exact) mass is 283 g/mol. The van der Waals surface area contributed by atoms with Crippen molar-refractivity contribution < 1.29 is 14.6 Å².